The van der Waals surface area contributed by atoms with E-state index >= 15 is 0 Å². The maximum atomic E-state index is 11.5. The molecule has 0 bridgehead atoms. The van der Waals surface area contributed by atoms with Crippen LogP contribution in [-0.2, 0) is 4.74 Å². The van der Waals surface area contributed by atoms with Gasteiger partial charge in [0.2, 0.25) is 0 Å². The highest BCUT2D eigenvalue weighted by Crippen LogP contribution is 2.36. The van der Waals surface area contributed by atoms with E-state index in [1.807, 2.05) is 0 Å². The van der Waals surface area contributed by atoms with Crippen LogP contribution in [0.15, 0.2) is 0 Å². The van der Waals surface area contributed by atoms with Gasteiger partial charge in [0.25, 0.3) is 5.82 Å². The number of aromatic nitrogens is 3. The maximum absolute atomic E-state index is 11.5. The number of fused-ring (bicyclic) bond motifs is 1. The number of esters is 1. The lowest BCUT2D eigenvalue weighted by Crippen LogP contribution is -2.14. The van der Waals surface area contributed by atoms with Gasteiger partial charge in [0.15, 0.2) is 5.82 Å². The van der Waals surface area contributed by atoms with Gasteiger partial charge in [-0.15, -0.1) is 5.10 Å². The first-order valence-electron chi connectivity index (χ1n) is 5.86. The fourth-order valence-corrected chi connectivity index (χ4v) is 2.08. The average molecular weight is 239 g/mol. The van der Waals surface area contributed by atoms with Crippen LogP contribution in [0.25, 0.3) is 0 Å². The summed E-state index contributed by atoms with van der Waals surface area (Å²) < 4.78 is 6.49. The van der Waals surface area contributed by atoms with Crippen LogP contribution in [0.4, 0.5) is 0 Å². The van der Waals surface area contributed by atoms with Gasteiger partial charge in [-0.25, -0.2) is 14.5 Å². The van der Waals surface area contributed by atoms with E-state index < -0.39 is 12.1 Å². The SMILES string of the molecule is CCOC(=O)c1nc2n(n1)C(C(C)C)C[C@H]2O. The number of ether oxygens (including phenoxy) is 1. The molecule has 0 radical (unpaired) electrons. The molecule has 1 aliphatic heterocycles. The molecule has 1 aromatic rings. The first-order chi connectivity index (χ1) is 8.04. The van der Waals surface area contributed by atoms with E-state index in [2.05, 4.69) is 23.9 Å². The van der Waals surface area contributed by atoms with E-state index in [9.17, 15) is 9.90 Å². The van der Waals surface area contributed by atoms with Crippen molar-refractivity contribution in [3.05, 3.63) is 11.6 Å². The van der Waals surface area contributed by atoms with Crippen LogP contribution < -0.4 is 0 Å². The predicted octanol–water partition coefficient (Wildman–Crippen LogP) is 1.09. The van der Waals surface area contributed by atoms with E-state index in [-0.39, 0.29) is 11.9 Å². The molecule has 2 rings (SSSR count). The van der Waals surface area contributed by atoms with Crippen LogP contribution in [0, 0.1) is 5.92 Å². The molecule has 94 valence electrons. The van der Waals surface area contributed by atoms with Crippen LogP contribution in [0.2, 0.25) is 0 Å². The van der Waals surface area contributed by atoms with Gasteiger partial charge in [-0.3, -0.25) is 0 Å². The van der Waals surface area contributed by atoms with E-state index in [1.54, 1.807) is 11.6 Å². The van der Waals surface area contributed by atoms with Gasteiger partial charge in [-0.1, -0.05) is 13.8 Å². The summed E-state index contributed by atoms with van der Waals surface area (Å²) in [5.74, 6) is 0.296. The standard InChI is InChI=1S/C11H17N3O3/c1-4-17-11(16)9-12-10-8(15)5-7(6(2)3)14(10)13-9/h6-8,15H,4-5H2,1-3H3/t7?,8-/m1/s1. The topological polar surface area (TPSA) is 77.2 Å². The summed E-state index contributed by atoms with van der Waals surface area (Å²) in [6.07, 6.45) is -0.0334. The third kappa shape index (κ3) is 2.04. The predicted molar refractivity (Wildman–Crippen MR) is 59.4 cm³/mol. The van der Waals surface area contributed by atoms with Crippen molar-refractivity contribution < 1.29 is 14.6 Å². The van der Waals surface area contributed by atoms with Crippen molar-refractivity contribution in [2.75, 3.05) is 6.61 Å². The molecule has 6 heteroatoms. The molecule has 0 aliphatic carbocycles. The Balaban J connectivity index is 2.29. The Morgan fingerprint density at radius 1 is 1.65 bits per heavy atom. The zero-order valence-electron chi connectivity index (χ0n) is 10.3. The highest BCUT2D eigenvalue weighted by molar-refractivity contribution is 5.85. The van der Waals surface area contributed by atoms with Crippen molar-refractivity contribution in [3.8, 4) is 0 Å². The van der Waals surface area contributed by atoms with Gasteiger partial charge in [0, 0.05) is 6.42 Å². The molecule has 17 heavy (non-hydrogen) atoms. The summed E-state index contributed by atoms with van der Waals surface area (Å²) in [5.41, 5.74) is 0. The van der Waals surface area contributed by atoms with Gasteiger partial charge in [-0.05, 0) is 12.8 Å². The molecule has 2 atom stereocenters. The molecule has 1 aliphatic rings. The number of nitrogens with zero attached hydrogens (tertiary/aromatic N) is 3. The summed E-state index contributed by atoms with van der Waals surface area (Å²) in [6, 6.07) is 0.0932. The van der Waals surface area contributed by atoms with Gasteiger partial charge >= 0.3 is 5.97 Å². The van der Waals surface area contributed by atoms with Crippen LogP contribution in [0.5, 0.6) is 0 Å². The maximum Gasteiger partial charge on any atom is 0.378 e. The molecule has 1 aromatic heterocycles. The number of aliphatic hydroxyl groups is 1. The molecule has 6 nitrogen and oxygen atoms in total. The summed E-state index contributed by atoms with van der Waals surface area (Å²) in [6.45, 7) is 6.13. The number of rotatable bonds is 3. The van der Waals surface area contributed by atoms with Crippen LogP contribution in [0.1, 0.15) is 55.8 Å². The van der Waals surface area contributed by atoms with Crippen molar-refractivity contribution in [2.45, 2.75) is 39.3 Å². The summed E-state index contributed by atoms with van der Waals surface area (Å²) in [4.78, 5) is 15.5. The number of carbonyl (C=O) groups is 1. The van der Waals surface area contributed by atoms with Gasteiger partial charge in [0.1, 0.15) is 6.10 Å². The molecular weight excluding hydrogens is 222 g/mol. The Kier molecular flexibility index (Phi) is 3.15. The minimum absolute atomic E-state index is 0.0336. The number of hydrogen-bond acceptors (Lipinski definition) is 5. The average Bonchev–Trinajstić information content (AvgIpc) is 2.80. The largest absolute Gasteiger partial charge is 0.460 e. The molecule has 1 unspecified atom stereocenters. The van der Waals surface area contributed by atoms with Crippen molar-refractivity contribution in [1.82, 2.24) is 14.8 Å². The molecule has 0 saturated heterocycles. The van der Waals surface area contributed by atoms with Gasteiger partial charge in [0.05, 0.1) is 12.6 Å². The first-order valence-corrected chi connectivity index (χ1v) is 5.86. The third-order valence-electron chi connectivity index (χ3n) is 2.96. The lowest BCUT2D eigenvalue weighted by molar-refractivity contribution is 0.0510. The smallest absolute Gasteiger partial charge is 0.378 e. The molecule has 0 fully saturated rings. The molecule has 0 saturated carbocycles. The normalized spacial score (nSPS) is 22.9. The Bertz CT molecular complexity index is 428. The summed E-state index contributed by atoms with van der Waals surface area (Å²) >= 11 is 0. The molecular formula is C11H17N3O3. The first kappa shape index (κ1) is 12.0. The van der Waals surface area contributed by atoms with Crippen molar-refractivity contribution in [2.24, 2.45) is 5.92 Å². The third-order valence-corrected chi connectivity index (χ3v) is 2.96. The van der Waals surface area contributed by atoms with E-state index in [0.717, 1.165) is 0 Å². The molecule has 2 heterocycles. The van der Waals surface area contributed by atoms with Crippen molar-refractivity contribution >= 4 is 5.97 Å². The van der Waals surface area contributed by atoms with Crippen molar-refractivity contribution in [3.63, 3.8) is 0 Å². The molecule has 0 aromatic carbocycles. The van der Waals surface area contributed by atoms with E-state index in [0.29, 0.717) is 24.8 Å². The Hall–Kier alpha value is -1.43. The second-order valence-electron chi connectivity index (χ2n) is 4.52. The quantitative estimate of drug-likeness (QED) is 0.799. The lowest BCUT2D eigenvalue weighted by Gasteiger charge is -2.14. The van der Waals surface area contributed by atoms with Crippen LogP contribution in [-0.4, -0.2) is 32.4 Å². The Morgan fingerprint density at radius 3 is 2.94 bits per heavy atom. The van der Waals surface area contributed by atoms with Gasteiger partial charge in [-0.2, -0.15) is 0 Å². The second-order valence-corrected chi connectivity index (χ2v) is 4.52. The summed E-state index contributed by atoms with van der Waals surface area (Å²) in [5, 5.41) is 14.0. The monoisotopic (exact) mass is 239 g/mol. The minimum atomic E-state index is -0.641. The zero-order valence-corrected chi connectivity index (χ0v) is 10.3. The fourth-order valence-electron chi connectivity index (χ4n) is 2.08. The van der Waals surface area contributed by atoms with Crippen LogP contribution >= 0.6 is 0 Å². The molecule has 1 N–H and O–H groups in total. The highest BCUT2D eigenvalue weighted by Gasteiger charge is 2.35. The Morgan fingerprint density at radius 2 is 2.35 bits per heavy atom. The highest BCUT2D eigenvalue weighted by atomic mass is 16.5. The van der Waals surface area contributed by atoms with Crippen LogP contribution in [0.3, 0.4) is 0 Å². The molecule has 0 spiro atoms. The number of carbonyl (C=O) groups excluding carboxylic acids is 1. The number of aliphatic hydroxyl groups excluding tert-OH is 1. The minimum Gasteiger partial charge on any atom is -0.460 e. The van der Waals surface area contributed by atoms with Crippen molar-refractivity contribution in [1.29, 1.82) is 0 Å². The number of hydrogen-bond donors (Lipinski definition) is 1. The van der Waals surface area contributed by atoms with Gasteiger partial charge < -0.3 is 9.84 Å². The second kappa shape index (κ2) is 4.44. The zero-order chi connectivity index (χ0) is 12.6. The summed E-state index contributed by atoms with van der Waals surface area (Å²) in [7, 11) is 0. The Labute approximate surface area is 99.6 Å². The fraction of sp³-hybridized carbons (Fsp3) is 0.727. The lowest BCUT2D eigenvalue weighted by atomic mass is 10.0. The van der Waals surface area contributed by atoms with E-state index in [1.165, 1.54) is 0 Å². The van der Waals surface area contributed by atoms with E-state index in [4.69, 9.17) is 4.74 Å². The molecule has 0 amide bonds.